The van der Waals surface area contributed by atoms with Gasteiger partial charge < -0.3 is 10.6 Å². The minimum atomic E-state index is -0.612. The highest BCUT2D eigenvalue weighted by atomic mass is 16.2. The first kappa shape index (κ1) is 21.5. The Hall–Kier alpha value is -3.35. The van der Waals surface area contributed by atoms with Crippen LogP contribution in [0.2, 0.25) is 0 Å². The average Bonchev–Trinajstić information content (AvgIpc) is 3.14. The Balaban J connectivity index is 1.78. The van der Waals surface area contributed by atoms with E-state index < -0.39 is 5.41 Å². The minimum absolute atomic E-state index is 0.0238. The molecule has 1 aromatic heterocycles. The number of carbonyl (C=O) groups is 1. The second kappa shape index (κ2) is 7.33. The summed E-state index contributed by atoms with van der Waals surface area (Å²) in [7, 11) is 0. The van der Waals surface area contributed by atoms with E-state index in [1.165, 1.54) is 0 Å². The van der Waals surface area contributed by atoms with E-state index in [0.29, 0.717) is 0 Å². The van der Waals surface area contributed by atoms with Gasteiger partial charge in [0.1, 0.15) is 0 Å². The molecule has 0 radical (unpaired) electrons. The van der Waals surface area contributed by atoms with Gasteiger partial charge in [0, 0.05) is 28.8 Å². The molecule has 0 spiro atoms. The molecule has 0 fully saturated rings. The second-order valence-corrected chi connectivity index (χ2v) is 9.95. The SMILES string of the molecule is CCC1(c2cccc(-c3cc(C)nnc3C)c2)C2=C(CC(C)(C)NC2=O)NC2N=NC(C)=C21. The van der Waals surface area contributed by atoms with Crippen molar-refractivity contribution in [3.63, 3.8) is 0 Å². The van der Waals surface area contributed by atoms with Gasteiger partial charge in [-0.1, -0.05) is 25.1 Å². The van der Waals surface area contributed by atoms with E-state index in [2.05, 4.69) is 82.2 Å². The van der Waals surface area contributed by atoms with Gasteiger partial charge in [-0.2, -0.15) is 20.4 Å². The van der Waals surface area contributed by atoms with Gasteiger partial charge >= 0.3 is 0 Å². The molecule has 7 heteroatoms. The number of aromatic nitrogens is 2. The molecule has 1 amide bonds. The number of rotatable bonds is 3. The Morgan fingerprint density at radius 3 is 2.67 bits per heavy atom. The first-order valence-electron chi connectivity index (χ1n) is 11.5. The maximum absolute atomic E-state index is 13.6. The number of carbonyl (C=O) groups excluding carboxylic acids is 1. The van der Waals surface area contributed by atoms with Crippen LogP contribution in [-0.4, -0.2) is 27.8 Å². The van der Waals surface area contributed by atoms with Crippen molar-refractivity contribution in [2.75, 3.05) is 0 Å². The van der Waals surface area contributed by atoms with Crippen molar-refractivity contribution in [1.29, 1.82) is 0 Å². The number of hydrogen-bond acceptors (Lipinski definition) is 6. The van der Waals surface area contributed by atoms with Crippen molar-refractivity contribution in [2.45, 2.75) is 71.5 Å². The van der Waals surface area contributed by atoms with Crippen LogP contribution in [0.25, 0.3) is 11.1 Å². The Kier molecular flexibility index (Phi) is 4.78. The van der Waals surface area contributed by atoms with Crippen LogP contribution in [-0.2, 0) is 10.2 Å². The van der Waals surface area contributed by atoms with Gasteiger partial charge in [0.05, 0.1) is 28.1 Å². The predicted molar refractivity (Wildman–Crippen MR) is 127 cm³/mol. The van der Waals surface area contributed by atoms with Gasteiger partial charge in [-0.15, -0.1) is 0 Å². The largest absolute Gasteiger partial charge is 0.362 e. The summed E-state index contributed by atoms with van der Waals surface area (Å²) in [6.45, 7) is 12.2. The number of azo groups is 1. The van der Waals surface area contributed by atoms with Crippen LogP contribution in [0.1, 0.15) is 57.5 Å². The van der Waals surface area contributed by atoms with E-state index in [1.54, 1.807) is 0 Å². The van der Waals surface area contributed by atoms with Gasteiger partial charge in [0.25, 0.3) is 5.91 Å². The molecule has 2 atom stereocenters. The number of amides is 1. The van der Waals surface area contributed by atoms with Crippen LogP contribution >= 0.6 is 0 Å². The third-order valence-corrected chi connectivity index (χ3v) is 7.08. The van der Waals surface area contributed by atoms with Crippen molar-refractivity contribution in [3.8, 4) is 11.1 Å². The van der Waals surface area contributed by atoms with Crippen LogP contribution in [0.5, 0.6) is 0 Å². The first-order valence-corrected chi connectivity index (χ1v) is 11.5. The van der Waals surface area contributed by atoms with E-state index in [-0.39, 0.29) is 17.6 Å². The van der Waals surface area contributed by atoms with Crippen LogP contribution < -0.4 is 10.6 Å². The molecule has 0 aliphatic carbocycles. The van der Waals surface area contributed by atoms with Gasteiger partial charge in [-0.25, -0.2) is 0 Å². The topological polar surface area (TPSA) is 91.6 Å². The third kappa shape index (κ3) is 3.21. The number of nitrogens with zero attached hydrogens (tertiary/aromatic N) is 4. The molecule has 2 aromatic rings. The molecule has 3 aliphatic heterocycles. The molecule has 5 rings (SSSR count). The fraction of sp³-hybridized carbons (Fsp3) is 0.423. The van der Waals surface area contributed by atoms with Crippen molar-refractivity contribution in [3.05, 3.63) is 69.8 Å². The number of benzene rings is 1. The Morgan fingerprint density at radius 2 is 1.91 bits per heavy atom. The minimum Gasteiger partial charge on any atom is -0.362 e. The molecule has 170 valence electrons. The van der Waals surface area contributed by atoms with Gasteiger partial charge in [-0.3, -0.25) is 4.79 Å². The molecule has 0 saturated heterocycles. The molecule has 33 heavy (non-hydrogen) atoms. The summed E-state index contributed by atoms with van der Waals surface area (Å²) in [6.07, 6.45) is 1.20. The lowest BCUT2D eigenvalue weighted by Gasteiger charge is -2.48. The van der Waals surface area contributed by atoms with Gasteiger partial charge in [0.2, 0.25) is 0 Å². The lowest BCUT2D eigenvalue weighted by molar-refractivity contribution is -0.120. The van der Waals surface area contributed by atoms with E-state index in [0.717, 1.165) is 63.5 Å². The summed E-state index contributed by atoms with van der Waals surface area (Å²) in [4.78, 5) is 13.6. The van der Waals surface area contributed by atoms with Crippen LogP contribution in [0.15, 0.2) is 63.1 Å². The highest BCUT2D eigenvalue weighted by Gasteiger charge is 2.54. The Morgan fingerprint density at radius 1 is 1.12 bits per heavy atom. The van der Waals surface area contributed by atoms with Crippen molar-refractivity contribution < 1.29 is 4.79 Å². The normalized spacial score (nSPS) is 25.5. The molecule has 4 heterocycles. The molecule has 3 aliphatic rings. The standard InChI is InChI=1S/C26H30N6O/c1-7-26(18-10-8-9-17(12-18)19-11-14(2)29-30-15(19)3)21-16(4)31-32-23(21)27-20-13-25(5,6)28-24(33)22(20)26/h8-12,23,27H,7,13H2,1-6H3,(H,28,33). The molecule has 7 nitrogen and oxygen atoms in total. The lowest BCUT2D eigenvalue weighted by atomic mass is 9.61. The van der Waals surface area contributed by atoms with E-state index in [9.17, 15) is 4.79 Å². The maximum Gasteiger partial charge on any atom is 0.250 e. The zero-order chi connectivity index (χ0) is 23.5. The second-order valence-electron chi connectivity index (χ2n) is 9.95. The lowest BCUT2D eigenvalue weighted by Crippen LogP contribution is -2.58. The third-order valence-electron chi connectivity index (χ3n) is 7.08. The highest BCUT2D eigenvalue weighted by Crippen LogP contribution is 2.53. The summed E-state index contributed by atoms with van der Waals surface area (Å²) in [5, 5.41) is 24.3. The molecule has 1 aromatic carbocycles. The predicted octanol–water partition coefficient (Wildman–Crippen LogP) is 4.63. The highest BCUT2D eigenvalue weighted by molar-refractivity contribution is 6.00. The van der Waals surface area contributed by atoms with E-state index in [1.807, 2.05) is 20.8 Å². The van der Waals surface area contributed by atoms with Crippen LogP contribution in [0.3, 0.4) is 0 Å². The summed E-state index contributed by atoms with van der Waals surface area (Å²) in [5.74, 6) is -0.0238. The Bertz CT molecular complexity index is 1270. The number of allylic oxidation sites excluding steroid dienone is 1. The quantitative estimate of drug-likeness (QED) is 0.725. The van der Waals surface area contributed by atoms with E-state index >= 15 is 0 Å². The monoisotopic (exact) mass is 442 g/mol. The number of fused-ring (bicyclic) bond motifs is 1. The average molecular weight is 443 g/mol. The maximum atomic E-state index is 13.6. The summed E-state index contributed by atoms with van der Waals surface area (Å²) < 4.78 is 0. The molecular weight excluding hydrogens is 412 g/mol. The number of nitrogens with one attached hydrogen (secondary N) is 2. The van der Waals surface area contributed by atoms with Crippen molar-refractivity contribution in [1.82, 2.24) is 20.8 Å². The van der Waals surface area contributed by atoms with E-state index in [4.69, 9.17) is 0 Å². The number of aryl methyl sites for hydroxylation is 2. The molecule has 2 N–H and O–H groups in total. The summed E-state index contributed by atoms with van der Waals surface area (Å²) in [5.41, 5.74) is 7.71. The van der Waals surface area contributed by atoms with Crippen molar-refractivity contribution in [2.24, 2.45) is 10.2 Å². The Labute approximate surface area is 194 Å². The summed E-state index contributed by atoms with van der Waals surface area (Å²) in [6, 6.07) is 10.6. The molecule has 0 bridgehead atoms. The molecular formula is C26H30N6O. The summed E-state index contributed by atoms with van der Waals surface area (Å²) >= 11 is 0. The van der Waals surface area contributed by atoms with Crippen molar-refractivity contribution >= 4 is 5.91 Å². The fourth-order valence-electron chi connectivity index (χ4n) is 5.72. The van der Waals surface area contributed by atoms with Gasteiger partial charge in [-0.05, 0) is 64.3 Å². The fourth-order valence-corrected chi connectivity index (χ4v) is 5.72. The van der Waals surface area contributed by atoms with Gasteiger partial charge in [0.15, 0.2) is 6.17 Å². The molecule has 2 unspecified atom stereocenters. The smallest absolute Gasteiger partial charge is 0.250 e. The molecule has 0 saturated carbocycles. The zero-order valence-corrected chi connectivity index (χ0v) is 20.1. The zero-order valence-electron chi connectivity index (χ0n) is 20.1. The first-order chi connectivity index (χ1) is 15.7. The van der Waals surface area contributed by atoms with Crippen LogP contribution in [0, 0.1) is 13.8 Å². The van der Waals surface area contributed by atoms with Crippen LogP contribution in [0.4, 0.5) is 0 Å². The number of hydrogen-bond donors (Lipinski definition) is 2.